The summed E-state index contributed by atoms with van der Waals surface area (Å²) in [6.07, 6.45) is 2.58. The molecule has 0 unspecified atom stereocenters. The molecule has 4 aromatic rings. The van der Waals surface area contributed by atoms with E-state index in [1.165, 1.54) is 0 Å². The van der Waals surface area contributed by atoms with Crippen molar-refractivity contribution >= 4 is 0 Å². The average Bonchev–Trinajstić information content (AvgIpc) is 3.18. The molecule has 0 bridgehead atoms. The van der Waals surface area contributed by atoms with Gasteiger partial charge in [0, 0.05) is 38.9 Å². The quantitative estimate of drug-likeness (QED) is 0.0713. The minimum absolute atomic E-state index is 0.000286. The zero-order valence-corrected chi connectivity index (χ0v) is 37.1. The number of rotatable bonds is 11. The van der Waals surface area contributed by atoms with Crippen molar-refractivity contribution in [3.8, 4) is 23.0 Å². The Bertz CT molecular complexity index is 1820. The molecule has 0 atom stereocenters. The first-order valence-electron chi connectivity index (χ1n) is 20.0. The van der Waals surface area contributed by atoms with Crippen LogP contribution >= 0.6 is 0 Å². The lowest BCUT2D eigenvalue weighted by atomic mass is 9.71. The van der Waals surface area contributed by atoms with Gasteiger partial charge in [-0.2, -0.15) is 0 Å². The van der Waals surface area contributed by atoms with Gasteiger partial charge in [0.1, 0.15) is 23.0 Å². The fourth-order valence-corrected chi connectivity index (χ4v) is 6.86. The van der Waals surface area contributed by atoms with E-state index in [1.54, 1.807) is 30.3 Å². The van der Waals surface area contributed by atoms with E-state index in [1.807, 2.05) is 59.7 Å². The molecular formula is C48H72O11. The van der Waals surface area contributed by atoms with Gasteiger partial charge in [-0.25, -0.2) is 0 Å². The number of aromatic hydroxyl groups is 4. The second kappa shape index (κ2) is 23.6. The Balaban J connectivity index is 0.000000399. The molecule has 0 fully saturated rings. The average molecular weight is 825 g/mol. The van der Waals surface area contributed by atoms with Crippen molar-refractivity contribution in [3.05, 3.63) is 115 Å². The Hall–Kier alpha value is -4.20. The maximum atomic E-state index is 9.89. The first kappa shape index (κ1) is 52.8. The maximum Gasteiger partial charge on any atom is 0.126 e. The Morgan fingerprint density at radius 3 is 0.966 bits per heavy atom. The van der Waals surface area contributed by atoms with E-state index in [-0.39, 0.29) is 85.5 Å². The minimum Gasteiger partial charge on any atom is -0.507 e. The number of phenols is 4. The van der Waals surface area contributed by atoms with Crippen LogP contribution in [0.2, 0.25) is 0 Å². The summed E-state index contributed by atoms with van der Waals surface area (Å²) >= 11 is 0. The molecule has 330 valence electrons. The Morgan fingerprint density at radius 2 is 0.678 bits per heavy atom. The van der Waals surface area contributed by atoms with E-state index in [9.17, 15) is 30.6 Å². The molecule has 11 nitrogen and oxygen atoms in total. The molecule has 4 aromatic carbocycles. The largest absolute Gasteiger partial charge is 0.507 e. The molecule has 4 rings (SSSR count). The van der Waals surface area contributed by atoms with Gasteiger partial charge in [-0.3, -0.25) is 0 Å². The van der Waals surface area contributed by atoms with Gasteiger partial charge in [0.2, 0.25) is 0 Å². The summed E-state index contributed by atoms with van der Waals surface area (Å²) in [5.41, 5.74) is 8.49. The zero-order valence-electron chi connectivity index (χ0n) is 37.1. The Labute approximate surface area is 351 Å². The zero-order chi connectivity index (χ0) is 45.5. The maximum absolute atomic E-state index is 9.89. The van der Waals surface area contributed by atoms with Crippen molar-refractivity contribution in [3.63, 3.8) is 0 Å². The van der Waals surface area contributed by atoms with E-state index >= 15 is 0 Å². The summed E-state index contributed by atoms with van der Waals surface area (Å²) in [5, 5.41) is 102. The van der Waals surface area contributed by atoms with Crippen LogP contribution in [-0.4, -0.2) is 56.2 Å². The van der Waals surface area contributed by atoms with Crippen molar-refractivity contribution in [1.29, 1.82) is 0 Å². The van der Waals surface area contributed by atoms with Gasteiger partial charge < -0.3 is 56.2 Å². The SMILES string of the molecule is CC(C)(C)CC(C)(C)c1cc(CO)c(O)c(CO)c1.CC(C)(C)c1cc(CO)c(O)c(CO)c1.CCc1cc(C)cc(CO)c1O.CCc1cc(CO)c(O)c(CO)c1. The molecule has 0 aromatic heterocycles. The molecule has 0 spiro atoms. The molecule has 0 amide bonds. The van der Waals surface area contributed by atoms with Crippen molar-refractivity contribution in [2.24, 2.45) is 5.41 Å². The van der Waals surface area contributed by atoms with Gasteiger partial charge in [-0.05, 0) is 101 Å². The summed E-state index contributed by atoms with van der Waals surface area (Å²) < 4.78 is 0. The highest BCUT2D eigenvalue weighted by molar-refractivity contribution is 5.47. The molecule has 0 aliphatic rings. The van der Waals surface area contributed by atoms with Crippen LogP contribution in [-0.2, 0) is 69.9 Å². The second-order valence-electron chi connectivity index (χ2n) is 17.7. The van der Waals surface area contributed by atoms with Gasteiger partial charge >= 0.3 is 0 Å². The third kappa shape index (κ3) is 15.7. The molecule has 0 aliphatic carbocycles. The summed E-state index contributed by atoms with van der Waals surface area (Å²) in [5.74, 6) is 0.237. The lowest BCUT2D eigenvalue weighted by molar-refractivity contribution is 0.260. The summed E-state index contributed by atoms with van der Waals surface area (Å²) in [6, 6.07) is 14.4. The predicted octanol–water partition coefficient (Wildman–Crippen LogP) is 7.46. The summed E-state index contributed by atoms with van der Waals surface area (Å²) in [6.45, 7) is 21.5. The summed E-state index contributed by atoms with van der Waals surface area (Å²) in [7, 11) is 0. The van der Waals surface area contributed by atoms with E-state index in [0.717, 1.165) is 47.1 Å². The Kier molecular flexibility index (Phi) is 21.1. The third-order valence-corrected chi connectivity index (χ3v) is 9.88. The van der Waals surface area contributed by atoms with E-state index in [2.05, 4.69) is 34.6 Å². The van der Waals surface area contributed by atoms with Crippen molar-refractivity contribution in [2.45, 2.75) is 153 Å². The number of hydrogen-bond donors (Lipinski definition) is 11. The van der Waals surface area contributed by atoms with Crippen molar-refractivity contribution in [2.75, 3.05) is 0 Å². The lowest BCUT2D eigenvalue weighted by Gasteiger charge is -2.33. The number of aryl methyl sites for hydroxylation is 3. The van der Waals surface area contributed by atoms with Crippen LogP contribution in [0.1, 0.15) is 142 Å². The van der Waals surface area contributed by atoms with Crippen LogP contribution in [0.4, 0.5) is 0 Å². The summed E-state index contributed by atoms with van der Waals surface area (Å²) in [4.78, 5) is 0. The van der Waals surface area contributed by atoms with Gasteiger partial charge in [-0.1, -0.05) is 86.9 Å². The molecule has 59 heavy (non-hydrogen) atoms. The van der Waals surface area contributed by atoms with Crippen LogP contribution in [0.25, 0.3) is 0 Å². The fourth-order valence-electron chi connectivity index (χ4n) is 6.86. The standard InChI is InChI=1S/C16H26O3.C12H18O3.C10H14O3.C10H14O2/c1-15(2,3)10-16(4,5)13-6-11(8-17)14(19)12(7-13)9-18;1-12(2,3)10-4-8(6-13)11(15)9(5-10)7-14;1-2-7-3-8(5-11)10(13)9(4-7)6-12;1-3-8-4-7(2)5-9(6-11)10(8)12/h6-7,17-19H,8-10H2,1-5H3;4-5,13-15H,6-7H2,1-3H3;3-4,11-13H,2,5-6H2,1H3;4-5,11-12H,3,6H2,1-2H3. The molecule has 0 saturated heterocycles. The van der Waals surface area contributed by atoms with Gasteiger partial charge in [0.15, 0.2) is 0 Å². The number of benzene rings is 4. The number of aliphatic hydroxyl groups is 7. The monoisotopic (exact) mass is 825 g/mol. The van der Waals surface area contributed by atoms with Crippen LogP contribution in [0.3, 0.4) is 0 Å². The smallest absolute Gasteiger partial charge is 0.126 e. The van der Waals surface area contributed by atoms with Crippen molar-refractivity contribution in [1.82, 2.24) is 0 Å². The number of hydrogen-bond acceptors (Lipinski definition) is 11. The first-order chi connectivity index (χ1) is 27.4. The van der Waals surface area contributed by atoms with E-state index in [4.69, 9.17) is 25.5 Å². The molecule has 0 heterocycles. The molecule has 0 radical (unpaired) electrons. The van der Waals surface area contributed by atoms with Gasteiger partial charge in [0.25, 0.3) is 0 Å². The highest BCUT2D eigenvalue weighted by Crippen LogP contribution is 2.39. The van der Waals surface area contributed by atoms with E-state index < -0.39 is 0 Å². The topological polar surface area (TPSA) is 223 Å². The van der Waals surface area contributed by atoms with Crippen LogP contribution in [0.5, 0.6) is 23.0 Å². The molecule has 11 N–H and O–H groups in total. The second-order valence-corrected chi connectivity index (χ2v) is 17.7. The first-order valence-corrected chi connectivity index (χ1v) is 20.0. The van der Waals surface area contributed by atoms with Gasteiger partial charge in [-0.15, -0.1) is 0 Å². The molecule has 0 saturated carbocycles. The number of aliphatic hydroxyl groups excluding tert-OH is 7. The Morgan fingerprint density at radius 1 is 0.390 bits per heavy atom. The molecule has 0 aliphatic heterocycles. The van der Waals surface area contributed by atoms with Crippen LogP contribution in [0, 0.1) is 12.3 Å². The van der Waals surface area contributed by atoms with Gasteiger partial charge in [0.05, 0.1) is 46.2 Å². The highest BCUT2D eigenvalue weighted by atomic mass is 16.3. The predicted molar refractivity (Wildman–Crippen MR) is 233 cm³/mol. The van der Waals surface area contributed by atoms with Crippen LogP contribution < -0.4 is 0 Å². The van der Waals surface area contributed by atoms with E-state index in [0.29, 0.717) is 38.9 Å². The van der Waals surface area contributed by atoms with Crippen LogP contribution in [0.15, 0.2) is 48.5 Å². The minimum atomic E-state index is -0.224. The third-order valence-electron chi connectivity index (χ3n) is 9.88. The van der Waals surface area contributed by atoms with Crippen molar-refractivity contribution < 1.29 is 56.2 Å². The highest BCUT2D eigenvalue weighted by Gasteiger charge is 2.28. The normalized spacial score (nSPS) is 11.5. The molecule has 11 heteroatoms. The molecular weight excluding hydrogens is 753 g/mol. The lowest BCUT2D eigenvalue weighted by Crippen LogP contribution is -2.25. The fraction of sp³-hybridized carbons (Fsp3) is 0.500.